The van der Waals surface area contributed by atoms with Crippen molar-refractivity contribution in [2.45, 2.75) is 19.3 Å². The minimum atomic E-state index is -0.297. The summed E-state index contributed by atoms with van der Waals surface area (Å²) < 4.78 is 2.65. The first kappa shape index (κ1) is 34.3. The van der Waals surface area contributed by atoms with Gasteiger partial charge in [0.2, 0.25) is 0 Å². The number of thiophene rings is 1. The second kappa shape index (κ2) is 13.6. The number of benzene rings is 9. The van der Waals surface area contributed by atoms with E-state index < -0.39 is 0 Å². The lowest BCUT2D eigenvalue weighted by atomic mass is 9.70. The summed E-state index contributed by atoms with van der Waals surface area (Å²) in [5, 5.41) is 5.02. The fourth-order valence-corrected chi connectivity index (χ4v) is 10.6. The van der Waals surface area contributed by atoms with Gasteiger partial charge in [-0.25, -0.2) is 0 Å². The van der Waals surface area contributed by atoms with Crippen LogP contribution in [0.25, 0.3) is 53.2 Å². The Morgan fingerprint density at radius 3 is 1.88 bits per heavy atom. The maximum absolute atomic E-state index is 2.57. The lowest BCUT2D eigenvalue weighted by Crippen LogP contribution is -2.32. The SMILES string of the molecule is CC1(C)c2ccccc2N(c2c(N(c3ccccc3)c3ccc(-c4ccccc4)cc3)ccc3ccccc23)c2cccc(-c3cccc4c3sc3ccccc34)c21. The van der Waals surface area contributed by atoms with Crippen molar-refractivity contribution in [3.63, 3.8) is 0 Å². The highest BCUT2D eigenvalue weighted by Gasteiger charge is 2.40. The zero-order valence-corrected chi connectivity index (χ0v) is 33.2. The first-order valence-electron chi connectivity index (χ1n) is 20.0. The molecule has 2 heterocycles. The van der Waals surface area contributed by atoms with E-state index in [1.54, 1.807) is 0 Å². The Morgan fingerprint density at radius 2 is 1.05 bits per heavy atom. The Morgan fingerprint density at radius 1 is 0.448 bits per heavy atom. The molecule has 1 aromatic heterocycles. The minimum absolute atomic E-state index is 0.297. The lowest BCUT2D eigenvalue weighted by molar-refractivity contribution is 0.634. The van der Waals surface area contributed by atoms with E-state index in [4.69, 9.17) is 0 Å². The Labute approximate surface area is 343 Å². The summed E-state index contributed by atoms with van der Waals surface area (Å²) in [5.74, 6) is 0. The number of hydrogen-bond donors (Lipinski definition) is 0. The van der Waals surface area contributed by atoms with Crippen LogP contribution in [0, 0.1) is 0 Å². The maximum atomic E-state index is 2.57. The number of nitrogens with zero attached hydrogens (tertiary/aromatic N) is 2. The van der Waals surface area contributed by atoms with Crippen LogP contribution in [0.5, 0.6) is 0 Å². The highest BCUT2D eigenvalue weighted by molar-refractivity contribution is 7.26. The van der Waals surface area contributed by atoms with Gasteiger partial charge >= 0.3 is 0 Å². The van der Waals surface area contributed by atoms with E-state index in [0.717, 1.165) is 22.7 Å². The fourth-order valence-electron chi connectivity index (χ4n) is 9.37. The number of rotatable bonds is 6. The molecule has 0 amide bonds. The second-order valence-corrected chi connectivity index (χ2v) is 16.7. The molecule has 0 atom stereocenters. The van der Waals surface area contributed by atoms with Gasteiger partial charge in [-0.1, -0.05) is 172 Å². The molecule has 58 heavy (non-hydrogen) atoms. The topological polar surface area (TPSA) is 6.48 Å². The summed E-state index contributed by atoms with van der Waals surface area (Å²) in [5.41, 5.74) is 14.1. The summed E-state index contributed by atoms with van der Waals surface area (Å²) >= 11 is 1.90. The van der Waals surface area contributed by atoms with Crippen LogP contribution in [0.15, 0.2) is 206 Å². The smallest absolute Gasteiger partial charge is 0.0781 e. The number of fused-ring (bicyclic) bond motifs is 6. The number of hydrogen-bond acceptors (Lipinski definition) is 3. The zero-order chi connectivity index (χ0) is 38.8. The van der Waals surface area contributed by atoms with Gasteiger partial charge in [0.25, 0.3) is 0 Å². The van der Waals surface area contributed by atoms with Gasteiger partial charge in [0.1, 0.15) is 0 Å². The largest absolute Gasteiger partial charge is 0.308 e. The molecule has 0 spiro atoms. The van der Waals surface area contributed by atoms with Gasteiger partial charge in [-0.15, -0.1) is 11.3 Å². The molecular formula is C55H40N2S. The predicted molar refractivity (Wildman–Crippen MR) is 249 cm³/mol. The second-order valence-electron chi connectivity index (χ2n) is 15.7. The van der Waals surface area contributed by atoms with Crippen LogP contribution in [0.3, 0.4) is 0 Å². The summed E-state index contributed by atoms with van der Waals surface area (Å²) in [6.45, 7) is 4.82. The quantitative estimate of drug-likeness (QED) is 0.167. The van der Waals surface area contributed by atoms with Gasteiger partial charge in [0, 0.05) is 42.3 Å². The van der Waals surface area contributed by atoms with Crippen molar-refractivity contribution >= 4 is 76.4 Å². The van der Waals surface area contributed by atoms with Gasteiger partial charge in [-0.3, -0.25) is 0 Å². The molecule has 2 nitrogen and oxygen atoms in total. The lowest BCUT2D eigenvalue weighted by Gasteiger charge is -2.44. The Kier molecular flexibility index (Phi) is 8.06. The first-order valence-corrected chi connectivity index (χ1v) is 20.8. The molecule has 0 saturated carbocycles. The molecule has 1 aliphatic rings. The molecule has 0 bridgehead atoms. The van der Waals surface area contributed by atoms with Crippen LogP contribution in [-0.4, -0.2) is 0 Å². The third-order valence-electron chi connectivity index (χ3n) is 12.0. The molecule has 0 fully saturated rings. The molecule has 1 aliphatic heterocycles. The molecule has 0 aliphatic carbocycles. The summed E-state index contributed by atoms with van der Waals surface area (Å²) in [4.78, 5) is 5.00. The summed E-state index contributed by atoms with van der Waals surface area (Å²) in [6.07, 6.45) is 0. The predicted octanol–water partition coefficient (Wildman–Crippen LogP) is 16.1. The normalized spacial score (nSPS) is 13.1. The summed E-state index contributed by atoms with van der Waals surface area (Å²) in [7, 11) is 0. The molecule has 0 unspecified atom stereocenters. The summed E-state index contributed by atoms with van der Waals surface area (Å²) in [6, 6.07) is 75.6. The van der Waals surface area contributed by atoms with Crippen LogP contribution >= 0.6 is 11.3 Å². The van der Waals surface area contributed by atoms with Crippen molar-refractivity contribution < 1.29 is 0 Å². The average molecular weight is 761 g/mol. The van der Waals surface area contributed by atoms with Gasteiger partial charge in [-0.05, 0) is 87.3 Å². The fraction of sp³-hybridized carbons (Fsp3) is 0.0545. The monoisotopic (exact) mass is 760 g/mol. The molecule has 0 radical (unpaired) electrons. The van der Waals surface area contributed by atoms with Crippen molar-refractivity contribution in [2.75, 3.05) is 9.80 Å². The van der Waals surface area contributed by atoms with Crippen LogP contribution in [0.2, 0.25) is 0 Å². The van der Waals surface area contributed by atoms with E-state index in [0.29, 0.717) is 0 Å². The van der Waals surface area contributed by atoms with Crippen LogP contribution in [0.1, 0.15) is 25.0 Å². The van der Waals surface area contributed by atoms with Crippen LogP contribution in [-0.2, 0) is 5.41 Å². The van der Waals surface area contributed by atoms with E-state index in [1.807, 2.05) is 11.3 Å². The van der Waals surface area contributed by atoms with E-state index in [9.17, 15) is 0 Å². The molecule has 0 saturated heterocycles. The third kappa shape index (κ3) is 5.39. The van der Waals surface area contributed by atoms with Crippen LogP contribution in [0.4, 0.5) is 34.1 Å². The molecule has 11 rings (SSSR count). The van der Waals surface area contributed by atoms with E-state index in [2.05, 4.69) is 230 Å². The Balaban J connectivity index is 1.20. The molecule has 10 aromatic rings. The van der Waals surface area contributed by atoms with Crippen molar-refractivity contribution in [3.8, 4) is 22.3 Å². The highest BCUT2D eigenvalue weighted by atomic mass is 32.1. The molecular weight excluding hydrogens is 721 g/mol. The van der Waals surface area contributed by atoms with Gasteiger partial charge in [0.05, 0.1) is 22.7 Å². The molecule has 0 N–H and O–H groups in total. The Bertz CT molecular complexity index is 3140. The minimum Gasteiger partial charge on any atom is -0.308 e. The molecule has 9 aromatic carbocycles. The zero-order valence-electron chi connectivity index (χ0n) is 32.4. The molecule has 3 heteroatoms. The standard InChI is InChI=1S/C55H40N2S/c1-55(2)47-27-12-13-28-48(47)57(49-29-16-24-44(52(49)55)46-26-15-25-45-43-23-11-14-30-51(43)58-54(45)46)53-42-22-10-9-19-39(42)33-36-50(53)56(40-20-7-4-8-21-40)41-34-31-38(32-35-41)37-17-5-3-6-18-37/h3-36H,1-2H3. The highest BCUT2D eigenvalue weighted by Crippen LogP contribution is 2.58. The van der Waals surface area contributed by atoms with Crippen molar-refractivity contribution in [1.82, 2.24) is 0 Å². The van der Waals surface area contributed by atoms with Crippen molar-refractivity contribution in [2.24, 2.45) is 0 Å². The van der Waals surface area contributed by atoms with Gasteiger partial charge < -0.3 is 9.80 Å². The van der Waals surface area contributed by atoms with Gasteiger partial charge in [-0.2, -0.15) is 0 Å². The first-order chi connectivity index (χ1) is 28.6. The van der Waals surface area contributed by atoms with E-state index in [1.165, 1.54) is 75.7 Å². The van der Waals surface area contributed by atoms with Crippen LogP contribution < -0.4 is 9.80 Å². The van der Waals surface area contributed by atoms with E-state index in [-0.39, 0.29) is 5.41 Å². The van der Waals surface area contributed by atoms with Gasteiger partial charge in [0.15, 0.2) is 0 Å². The number of anilines is 6. The number of para-hydroxylation sites is 2. The van der Waals surface area contributed by atoms with Crippen molar-refractivity contribution in [1.29, 1.82) is 0 Å². The van der Waals surface area contributed by atoms with Crippen molar-refractivity contribution in [3.05, 3.63) is 217 Å². The maximum Gasteiger partial charge on any atom is 0.0781 e. The average Bonchev–Trinajstić information content (AvgIpc) is 3.67. The molecule has 276 valence electrons. The van der Waals surface area contributed by atoms with E-state index >= 15 is 0 Å². The Hall–Kier alpha value is -6.94. The third-order valence-corrected chi connectivity index (χ3v) is 13.2.